The van der Waals surface area contributed by atoms with E-state index in [0.717, 1.165) is 17.7 Å². The van der Waals surface area contributed by atoms with E-state index < -0.39 is 0 Å². The minimum atomic E-state index is -0.136. The molecule has 2 heterocycles. The van der Waals surface area contributed by atoms with Gasteiger partial charge in [0.1, 0.15) is 12.4 Å². The molecule has 0 saturated carbocycles. The first-order chi connectivity index (χ1) is 13.9. The molecule has 0 fully saturated rings. The molecule has 1 aromatic carbocycles. The average Bonchev–Trinajstić information content (AvgIpc) is 3.19. The summed E-state index contributed by atoms with van der Waals surface area (Å²) in [6.07, 6.45) is 1.25. The Balaban J connectivity index is 1.79. The van der Waals surface area contributed by atoms with Crippen LogP contribution >= 0.6 is 11.3 Å². The second-order valence-corrected chi connectivity index (χ2v) is 8.70. The third-order valence-corrected chi connectivity index (χ3v) is 6.45. The SMILES string of the molecule is CCC(=O)N(CC(=O)N1CCc2sccc2[C@H]1COc1ccccc1C)C(C)C. The van der Waals surface area contributed by atoms with Gasteiger partial charge < -0.3 is 14.5 Å². The van der Waals surface area contributed by atoms with Gasteiger partial charge in [0.2, 0.25) is 11.8 Å². The predicted molar refractivity (Wildman–Crippen MR) is 116 cm³/mol. The second-order valence-electron chi connectivity index (χ2n) is 7.70. The highest BCUT2D eigenvalue weighted by atomic mass is 32.1. The molecule has 3 rings (SSSR count). The molecule has 6 heteroatoms. The van der Waals surface area contributed by atoms with Gasteiger partial charge in [0.25, 0.3) is 0 Å². The number of hydrogen-bond donors (Lipinski definition) is 0. The van der Waals surface area contributed by atoms with Crippen molar-refractivity contribution in [2.45, 2.75) is 52.6 Å². The molecule has 0 saturated heterocycles. The summed E-state index contributed by atoms with van der Waals surface area (Å²) in [5.41, 5.74) is 2.24. The lowest BCUT2D eigenvalue weighted by molar-refractivity contribution is -0.144. The van der Waals surface area contributed by atoms with E-state index in [2.05, 4.69) is 11.4 Å². The van der Waals surface area contributed by atoms with Gasteiger partial charge in [-0.1, -0.05) is 25.1 Å². The van der Waals surface area contributed by atoms with Crippen LogP contribution in [-0.2, 0) is 16.0 Å². The fourth-order valence-corrected chi connectivity index (χ4v) is 4.69. The Morgan fingerprint density at radius 2 is 2.03 bits per heavy atom. The monoisotopic (exact) mass is 414 g/mol. The van der Waals surface area contributed by atoms with Gasteiger partial charge >= 0.3 is 0 Å². The zero-order valence-corrected chi connectivity index (χ0v) is 18.5. The number of benzene rings is 1. The van der Waals surface area contributed by atoms with E-state index in [1.54, 1.807) is 16.2 Å². The van der Waals surface area contributed by atoms with Gasteiger partial charge in [-0.3, -0.25) is 9.59 Å². The molecule has 1 aromatic heterocycles. The highest BCUT2D eigenvalue weighted by Crippen LogP contribution is 2.34. The quantitative estimate of drug-likeness (QED) is 0.682. The van der Waals surface area contributed by atoms with E-state index >= 15 is 0 Å². The maximum atomic E-state index is 13.2. The smallest absolute Gasteiger partial charge is 0.242 e. The molecule has 1 aliphatic heterocycles. The number of aryl methyl sites for hydroxylation is 1. The molecule has 5 nitrogen and oxygen atoms in total. The van der Waals surface area contributed by atoms with Crippen LogP contribution in [0, 0.1) is 6.92 Å². The summed E-state index contributed by atoms with van der Waals surface area (Å²) < 4.78 is 6.13. The number of nitrogens with zero attached hydrogens (tertiary/aromatic N) is 2. The molecular weight excluding hydrogens is 384 g/mol. The first-order valence-corrected chi connectivity index (χ1v) is 11.1. The molecule has 0 bridgehead atoms. The molecule has 29 heavy (non-hydrogen) atoms. The summed E-state index contributed by atoms with van der Waals surface area (Å²) in [6.45, 7) is 8.93. The molecule has 0 spiro atoms. The van der Waals surface area contributed by atoms with E-state index in [-0.39, 0.29) is 30.4 Å². The summed E-state index contributed by atoms with van der Waals surface area (Å²) in [6, 6.07) is 9.88. The van der Waals surface area contributed by atoms with Crippen LogP contribution in [0.25, 0.3) is 0 Å². The van der Waals surface area contributed by atoms with Crippen LogP contribution in [0.5, 0.6) is 5.75 Å². The van der Waals surface area contributed by atoms with Crippen molar-refractivity contribution in [3.8, 4) is 5.75 Å². The maximum absolute atomic E-state index is 13.2. The normalized spacial score (nSPS) is 15.9. The maximum Gasteiger partial charge on any atom is 0.242 e. The van der Waals surface area contributed by atoms with Crippen LogP contribution in [0.15, 0.2) is 35.7 Å². The van der Waals surface area contributed by atoms with Crippen LogP contribution in [0.3, 0.4) is 0 Å². The Hall–Kier alpha value is -2.34. The summed E-state index contributed by atoms with van der Waals surface area (Å²) >= 11 is 1.74. The number of fused-ring (bicyclic) bond motifs is 1. The number of carbonyl (C=O) groups excluding carboxylic acids is 2. The molecule has 2 aromatic rings. The lowest BCUT2D eigenvalue weighted by Crippen LogP contribution is -2.49. The van der Waals surface area contributed by atoms with Crippen molar-refractivity contribution in [3.05, 3.63) is 51.7 Å². The molecule has 0 unspecified atom stereocenters. The minimum Gasteiger partial charge on any atom is -0.491 e. The van der Waals surface area contributed by atoms with Crippen LogP contribution in [0.4, 0.5) is 0 Å². The first kappa shape index (κ1) is 21.4. The number of hydrogen-bond acceptors (Lipinski definition) is 4. The Kier molecular flexibility index (Phi) is 6.96. The fraction of sp³-hybridized carbons (Fsp3) is 0.478. The van der Waals surface area contributed by atoms with Crippen molar-refractivity contribution in [3.63, 3.8) is 0 Å². The number of carbonyl (C=O) groups is 2. The van der Waals surface area contributed by atoms with Crippen LogP contribution < -0.4 is 4.74 Å². The summed E-state index contributed by atoms with van der Waals surface area (Å²) in [4.78, 5) is 30.4. The Morgan fingerprint density at radius 1 is 1.28 bits per heavy atom. The predicted octanol–water partition coefficient (Wildman–Crippen LogP) is 4.21. The van der Waals surface area contributed by atoms with Gasteiger partial charge in [-0.05, 0) is 55.8 Å². The van der Waals surface area contributed by atoms with E-state index in [4.69, 9.17) is 4.74 Å². The first-order valence-electron chi connectivity index (χ1n) is 10.3. The second kappa shape index (κ2) is 9.44. The fourth-order valence-electron chi connectivity index (χ4n) is 3.76. The highest BCUT2D eigenvalue weighted by Gasteiger charge is 2.33. The van der Waals surface area contributed by atoms with E-state index in [0.29, 0.717) is 19.6 Å². The lowest BCUT2D eigenvalue weighted by Gasteiger charge is -2.37. The molecular formula is C23H30N2O3S. The van der Waals surface area contributed by atoms with Crippen LogP contribution in [0.1, 0.15) is 49.2 Å². The van der Waals surface area contributed by atoms with Gasteiger partial charge in [-0.15, -0.1) is 11.3 Å². The Labute approximate surface area is 177 Å². The third kappa shape index (κ3) is 4.81. The highest BCUT2D eigenvalue weighted by molar-refractivity contribution is 7.10. The number of amides is 2. The molecule has 0 radical (unpaired) electrons. The molecule has 0 N–H and O–H groups in total. The van der Waals surface area contributed by atoms with Crippen molar-refractivity contribution in [1.29, 1.82) is 0 Å². The third-order valence-electron chi connectivity index (χ3n) is 5.46. The van der Waals surface area contributed by atoms with Crippen molar-refractivity contribution in [2.24, 2.45) is 0 Å². The topological polar surface area (TPSA) is 49.9 Å². The van der Waals surface area contributed by atoms with Gasteiger partial charge in [0.05, 0.1) is 12.6 Å². The summed E-state index contributed by atoms with van der Waals surface area (Å²) in [5.74, 6) is 0.831. The average molecular weight is 415 g/mol. The zero-order valence-electron chi connectivity index (χ0n) is 17.7. The lowest BCUT2D eigenvalue weighted by atomic mass is 10.00. The summed E-state index contributed by atoms with van der Waals surface area (Å²) in [7, 11) is 0. The number of rotatable bonds is 7. The summed E-state index contributed by atoms with van der Waals surface area (Å²) in [5, 5.41) is 2.08. The van der Waals surface area contributed by atoms with Crippen molar-refractivity contribution >= 4 is 23.2 Å². The Bertz CT molecular complexity index is 861. The largest absolute Gasteiger partial charge is 0.491 e. The zero-order chi connectivity index (χ0) is 21.0. The number of para-hydroxylation sites is 1. The molecule has 1 aliphatic rings. The van der Waals surface area contributed by atoms with Gasteiger partial charge in [-0.25, -0.2) is 0 Å². The number of thiophene rings is 1. The van der Waals surface area contributed by atoms with E-state index in [1.165, 1.54) is 10.4 Å². The molecule has 0 aliphatic carbocycles. The van der Waals surface area contributed by atoms with E-state index in [1.807, 2.05) is 56.9 Å². The van der Waals surface area contributed by atoms with Crippen molar-refractivity contribution in [1.82, 2.24) is 9.80 Å². The number of ether oxygens (including phenoxy) is 1. The van der Waals surface area contributed by atoms with Crippen molar-refractivity contribution < 1.29 is 14.3 Å². The van der Waals surface area contributed by atoms with Gasteiger partial charge in [0.15, 0.2) is 0 Å². The minimum absolute atomic E-state index is 0.00503. The van der Waals surface area contributed by atoms with Gasteiger partial charge in [0, 0.05) is 23.9 Å². The molecule has 2 amide bonds. The van der Waals surface area contributed by atoms with Crippen molar-refractivity contribution in [2.75, 3.05) is 19.7 Å². The van der Waals surface area contributed by atoms with Crippen LogP contribution in [0.2, 0.25) is 0 Å². The van der Waals surface area contributed by atoms with Gasteiger partial charge in [-0.2, -0.15) is 0 Å². The standard InChI is InChI=1S/C23H30N2O3S/c1-5-22(26)25(16(2)3)14-23(27)24-12-10-21-18(11-13-29-21)19(24)15-28-20-9-7-6-8-17(20)4/h6-9,11,13,16,19H,5,10,12,14-15H2,1-4H3/t19-/m1/s1. The van der Waals surface area contributed by atoms with Crippen LogP contribution in [-0.4, -0.2) is 47.4 Å². The molecule has 1 atom stereocenters. The van der Waals surface area contributed by atoms with E-state index in [9.17, 15) is 9.59 Å². The Morgan fingerprint density at radius 3 is 2.72 bits per heavy atom. The molecule has 156 valence electrons.